The van der Waals surface area contributed by atoms with Crippen LogP contribution in [0.4, 0.5) is 0 Å². The minimum Gasteiger partial charge on any atom is -0.494 e. The second-order valence-electron chi connectivity index (χ2n) is 7.64. The molecule has 0 radical (unpaired) electrons. The number of benzene rings is 2. The van der Waals surface area contributed by atoms with Crippen LogP contribution in [-0.4, -0.2) is 35.0 Å². The first-order valence-corrected chi connectivity index (χ1v) is 10.6. The molecule has 144 valence electrons. The summed E-state index contributed by atoms with van der Waals surface area (Å²) in [7, 11) is 3.70. The molecular weight excluding hydrogens is 368 g/mol. The zero-order chi connectivity index (χ0) is 19.3. The third-order valence-corrected chi connectivity index (χ3v) is 6.80. The van der Waals surface area contributed by atoms with E-state index in [-0.39, 0.29) is 0 Å². The molecule has 5 rings (SSSR count). The van der Waals surface area contributed by atoms with Crippen molar-refractivity contribution in [2.24, 2.45) is 7.05 Å². The van der Waals surface area contributed by atoms with E-state index in [2.05, 4.69) is 47.8 Å². The number of hydrogen-bond donors (Lipinski definition) is 1. The van der Waals surface area contributed by atoms with E-state index in [9.17, 15) is 0 Å². The lowest BCUT2D eigenvalue weighted by atomic mass is 9.99. The monoisotopic (exact) mass is 392 g/mol. The maximum absolute atomic E-state index is 5.73. The molecule has 3 heterocycles. The maximum Gasteiger partial charge on any atom is 0.146 e. The lowest BCUT2D eigenvalue weighted by Gasteiger charge is -2.20. The molecule has 2 aromatic heterocycles. The average Bonchev–Trinajstić information content (AvgIpc) is 3.31. The molecule has 0 amide bonds. The molecule has 0 atom stereocenters. The van der Waals surface area contributed by atoms with Crippen molar-refractivity contribution in [3.8, 4) is 16.9 Å². The lowest BCUT2D eigenvalue weighted by molar-refractivity contribution is 0.418. The number of nitrogens with one attached hydrogen (secondary N) is 1. The van der Waals surface area contributed by atoms with Crippen LogP contribution in [0.1, 0.15) is 29.3 Å². The van der Waals surface area contributed by atoms with Crippen molar-refractivity contribution in [3.63, 3.8) is 0 Å². The predicted octanol–water partition coefficient (Wildman–Crippen LogP) is 4.63. The van der Waals surface area contributed by atoms with Crippen LogP contribution in [0.15, 0.2) is 30.5 Å². The van der Waals surface area contributed by atoms with Gasteiger partial charge in [0.15, 0.2) is 0 Å². The van der Waals surface area contributed by atoms with Gasteiger partial charge >= 0.3 is 0 Å². The van der Waals surface area contributed by atoms with Gasteiger partial charge in [-0.3, -0.25) is 4.68 Å². The van der Waals surface area contributed by atoms with E-state index in [1.54, 1.807) is 7.11 Å². The number of methoxy groups -OCH3 is 1. The van der Waals surface area contributed by atoms with Gasteiger partial charge < -0.3 is 10.1 Å². The van der Waals surface area contributed by atoms with Crippen LogP contribution in [0.5, 0.6) is 5.75 Å². The summed E-state index contributed by atoms with van der Waals surface area (Å²) in [6, 6.07) is 8.80. The average molecular weight is 393 g/mol. The summed E-state index contributed by atoms with van der Waals surface area (Å²) in [6.45, 7) is 4.28. The van der Waals surface area contributed by atoms with Crippen LogP contribution in [0, 0.1) is 6.92 Å². The molecule has 5 nitrogen and oxygen atoms in total. The molecule has 1 aliphatic rings. The maximum atomic E-state index is 5.73. The van der Waals surface area contributed by atoms with Crippen molar-refractivity contribution in [2.45, 2.75) is 25.7 Å². The van der Waals surface area contributed by atoms with Gasteiger partial charge in [-0.05, 0) is 73.8 Å². The van der Waals surface area contributed by atoms with Gasteiger partial charge in [-0.2, -0.15) is 5.10 Å². The molecule has 1 N–H and O–H groups in total. The van der Waals surface area contributed by atoms with Crippen molar-refractivity contribution < 1.29 is 4.74 Å². The van der Waals surface area contributed by atoms with Gasteiger partial charge in [-0.1, -0.05) is 0 Å². The van der Waals surface area contributed by atoms with Gasteiger partial charge in [0.2, 0.25) is 0 Å². The SMILES string of the molecule is COc1cc(-c2cc(C)c3nn(C)cc3c2)cc2sc(C3CCNCC3)nc12. The second kappa shape index (κ2) is 6.87. The van der Waals surface area contributed by atoms with Gasteiger partial charge in [0.1, 0.15) is 11.3 Å². The van der Waals surface area contributed by atoms with Crippen LogP contribution < -0.4 is 10.1 Å². The number of fused-ring (bicyclic) bond motifs is 2. The highest BCUT2D eigenvalue weighted by Crippen LogP contribution is 2.39. The van der Waals surface area contributed by atoms with Gasteiger partial charge in [0, 0.05) is 24.5 Å². The smallest absolute Gasteiger partial charge is 0.146 e. The molecule has 1 aliphatic heterocycles. The fourth-order valence-electron chi connectivity index (χ4n) is 4.18. The molecule has 6 heteroatoms. The Morgan fingerprint density at radius 3 is 2.68 bits per heavy atom. The molecule has 0 unspecified atom stereocenters. The number of piperidine rings is 1. The van der Waals surface area contributed by atoms with Crippen molar-refractivity contribution in [1.29, 1.82) is 0 Å². The highest BCUT2D eigenvalue weighted by Gasteiger charge is 2.21. The van der Waals surface area contributed by atoms with Crippen molar-refractivity contribution >= 4 is 32.5 Å². The number of aromatic nitrogens is 3. The number of rotatable bonds is 3. The molecule has 1 saturated heterocycles. The van der Waals surface area contributed by atoms with Crippen molar-refractivity contribution in [1.82, 2.24) is 20.1 Å². The summed E-state index contributed by atoms with van der Waals surface area (Å²) in [4.78, 5) is 4.97. The van der Waals surface area contributed by atoms with Gasteiger partial charge in [-0.25, -0.2) is 4.98 Å². The van der Waals surface area contributed by atoms with Crippen LogP contribution in [-0.2, 0) is 7.05 Å². The summed E-state index contributed by atoms with van der Waals surface area (Å²) in [5, 5.41) is 10.4. The Kier molecular flexibility index (Phi) is 4.33. The molecule has 0 saturated carbocycles. The zero-order valence-corrected chi connectivity index (χ0v) is 17.3. The highest BCUT2D eigenvalue weighted by molar-refractivity contribution is 7.18. The normalized spacial score (nSPS) is 15.5. The Morgan fingerprint density at radius 1 is 1.11 bits per heavy atom. The molecular formula is C22H24N4OS. The van der Waals surface area contributed by atoms with E-state index in [1.165, 1.54) is 26.4 Å². The van der Waals surface area contributed by atoms with Crippen LogP contribution in [0.3, 0.4) is 0 Å². The van der Waals surface area contributed by atoms with Crippen molar-refractivity contribution in [3.05, 3.63) is 41.0 Å². The van der Waals surface area contributed by atoms with E-state index in [0.717, 1.165) is 48.1 Å². The zero-order valence-electron chi connectivity index (χ0n) is 16.5. The molecule has 1 fully saturated rings. The summed E-state index contributed by atoms with van der Waals surface area (Å²) in [5.74, 6) is 1.41. The number of hydrogen-bond acceptors (Lipinski definition) is 5. The largest absolute Gasteiger partial charge is 0.494 e. The minimum absolute atomic E-state index is 0.556. The third kappa shape index (κ3) is 2.97. The Labute approximate surface area is 168 Å². The van der Waals surface area contributed by atoms with Crippen molar-refractivity contribution in [2.75, 3.05) is 20.2 Å². The summed E-state index contributed by atoms with van der Waals surface area (Å²) in [6.07, 6.45) is 4.39. The van der Waals surface area contributed by atoms with Crippen LogP contribution in [0.2, 0.25) is 0 Å². The standard InChI is InChI=1S/C22H24N4OS/c1-13-8-15(9-17-12-26(2)25-20(13)17)16-10-18(27-3)21-19(11-16)28-22(24-21)14-4-6-23-7-5-14/h8-12,14,23H,4-7H2,1-3H3. The fraction of sp³-hybridized carbons (Fsp3) is 0.364. The molecule has 2 aromatic carbocycles. The predicted molar refractivity (Wildman–Crippen MR) is 115 cm³/mol. The Morgan fingerprint density at radius 2 is 1.89 bits per heavy atom. The molecule has 0 bridgehead atoms. The number of ether oxygens (including phenoxy) is 1. The van der Waals surface area contributed by atoms with Gasteiger partial charge in [-0.15, -0.1) is 11.3 Å². The minimum atomic E-state index is 0.556. The first-order valence-electron chi connectivity index (χ1n) is 9.76. The van der Waals surface area contributed by atoms with E-state index in [0.29, 0.717) is 5.92 Å². The Hall–Kier alpha value is -2.44. The van der Waals surface area contributed by atoms with Crippen LogP contribution >= 0.6 is 11.3 Å². The summed E-state index contributed by atoms with van der Waals surface area (Å²) < 4.78 is 8.80. The van der Waals surface area contributed by atoms with Crippen LogP contribution in [0.25, 0.3) is 32.2 Å². The van der Waals surface area contributed by atoms with Gasteiger partial charge in [0.25, 0.3) is 0 Å². The topological polar surface area (TPSA) is 52.0 Å². The molecule has 0 spiro atoms. The number of aryl methyl sites for hydroxylation is 2. The van der Waals surface area contributed by atoms with E-state index < -0.39 is 0 Å². The summed E-state index contributed by atoms with van der Waals surface area (Å²) >= 11 is 1.82. The Bertz CT molecular complexity index is 1170. The van der Waals surface area contributed by atoms with Gasteiger partial charge in [0.05, 0.1) is 22.3 Å². The molecule has 0 aliphatic carbocycles. The van der Waals surface area contributed by atoms with E-state index >= 15 is 0 Å². The number of nitrogens with zero attached hydrogens (tertiary/aromatic N) is 3. The lowest BCUT2D eigenvalue weighted by Crippen LogP contribution is -2.26. The number of thiazole rings is 1. The first kappa shape index (κ1) is 17.6. The molecule has 4 aromatic rings. The summed E-state index contributed by atoms with van der Waals surface area (Å²) in [5.41, 5.74) is 5.59. The van der Waals surface area contributed by atoms with E-state index in [1.807, 2.05) is 23.1 Å². The quantitative estimate of drug-likeness (QED) is 0.552. The highest BCUT2D eigenvalue weighted by atomic mass is 32.1. The second-order valence-corrected chi connectivity index (χ2v) is 8.70. The van der Waals surface area contributed by atoms with E-state index in [4.69, 9.17) is 9.72 Å². The fourth-order valence-corrected chi connectivity index (χ4v) is 5.37. The molecule has 28 heavy (non-hydrogen) atoms. The Balaban J connectivity index is 1.63. The first-order chi connectivity index (χ1) is 13.6. The third-order valence-electron chi connectivity index (χ3n) is 5.63.